The number of hydrogen-bond acceptors (Lipinski definition) is 2. The summed E-state index contributed by atoms with van der Waals surface area (Å²) in [4.78, 5) is 4.30. The second kappa shape index (κ2) is 7.86. The topological polar surface area (TPSA) is 49.6 Å². The maximum Gasteiger partial charge on any atom is 0.191 e. The molecule has 2 N–H and O–H groups in total. The number of rotatable bonds is 5. The molecule has 2 rings (SSSR count). The Labute approximate surface area is 139 Å². The molecule has 0 aliphatic heterocycles. The number of aliphatic imine (C=N–C) groups is 1. The van der Waals surface area contributed by atoms with E-state index in [1.165, 1.54) is 11.1 Å². The van der Waals surface area contributed by atoms with E-state index in [9.17, 15) is 0 Å². The van der Waals surface area contributed by atoms with Gasteiger partial charge in [0.05, 0.1) is 6.04 Å². The van der Waals surface area contributed by atoms with Gasteiger partial charge >= 0.3 is 0 Å². The van der Waals surface area contributed by atoms with E-state index in [0.717, 1.165) is 24.0 Å². The Bertz CT molecular complexity index is 660. The molecule has 0 radical (unpaired) electrons. The molecular formula is C19H27N3O. The fourth-order valence-electron chi connectivity index (χ4n) is 2.50. The van der Waals surface area contributed by atoms with Gasteiger partial charge in [-0.3, -0.25) is 4.99 Å². The van der Waals surface area contributed by atoms with Gasteiger partial charge in [0.15, 0.2) is 5.96 Å². The zero-order valence-corrected chi connectivity index (χ0v) is 14.7. The first-order valence-electron chi connectivity index (χ1n) is 8.09. The van der Waals surface area contributed by atoms with Gasteiger partial charge in [-0.1, -0.05) is 36.8 Å². The summed E-state index contributed by atoms with van der Waals surface area (Å²) in [6.45, 7) is 9.18. The number of guanidine groups is 1. The van der Waals surface area contributed by atoms with Crippen molar-refractivity contribution in [1.82, 2.24) is 10.6 Å². The van der Waals surface area contributed by atoms with Gasteiger partial charge in [0.2, 0.25) is 0 Å². The SMILES string of the molecule is CN=C(NCC(C)c1cccc(C)c1)NC(C)c1ccc(C)o1. The largest absolute Gasteiger partial charge is 0.464 e. The van der Waals surface area contributed by atoms with E-state index in [2.05, 4.69) is 60.7 Å². The summed E-state index contributed by atoms with van der Waals surface area (Å²) in [5.74, 6) is 3.03. The molecule has 1 aromatic heterocycles. The summed E-state index contributed by atoms with van der Waals surface area (Å²) in [5, 5.41) is 6.75. The Kier molecular flexibility index (Phi) is 5.85. The van der Waals surface area contributed by atoms with Crippen molar-refractivity contribution >= 4 is 5.96 Å². The fourth-order valence-corrected chi connectivity index (χ4v) is 2.50. The Hall–Kier alpha value is -2.23. The molecule has 0 saturated heterocycles. The molecule has 0 amide bonds. The molecule has 124 valence electrons. The molecule has 1 aromatic carbocycles. The van der Waals surface area contributed by atoms with Crippen LogP contribution in [0, 0.1) is 13.8 Å². The maximum atomic E-state index is 5.65. The van der Waals surface area contributed by atoms with E-state index in [4.69, 9.17) is 4.42 Å². The highest BCUT2D eigenvalue weighted by Gasteiger charge is 2.12. The van der Waals surface area contributed by atoms with Gasteiger partial charge in [-0.2, -0.15) is 0 Å². The van der Waals surface area contributed by atoms with Crippen LogP contribution in [-0.2, 0) is 0 Å². The lowest BCUT2D eigenvalue weighted by Gasteiger charge is -2.19. The van der Waals surface area contributed by atoms with Crippen LogP contribution in [0.5, 0.6) is 0 Å². The van der Waals surface area contributed by atoms with Crippen LogP contribution in [0.4, 0.5) is 0 Å². The average Bonchev–Trinajstić information content (AvgIpc) is 2.97. The van der Waals surface area contributed by atoms with Gasteiger partial charge in [0, 0.05) is 13.6 Å². The van der Waals surface area contributed by atoms with Crippen molar-refractivity contribution in [3.8, 4) is 0 Å². The summed E-state index contributed by atoms with van der Waals surface area (Å²) in [5.41, 5.74) is 2.63. The minimum atomic E-state index is 0.0733. The van der Waals surface area contributed by atoms with Crippen LogP contribution in [0.25, 0.3) is 0 Å². The van der Waals surface area contributed by atoms with Crippen LogP contribution in [0.1, 0.15) is 48.5 Å². The first kappa shape index (κ1) is 17.1. The number of benzene rings is 1. The van der Waals surface area contributed by atoms with Crippen molar-refractivity contribution in [2.45, 2.75) is 39.7 Å². The molecule has 4 nitrogen and oxygen atoms in total. The predicted octanol–water partition coefficient (Wildman–Crippen LogP) is 3.93. The lowest BCUT2D eigenvalue weighted by Crippen LogP contribution is -2.40. The third kappa shape index (κ3) is 4.88. The van der Waals surface area contributed by atoms with Crippen LogP contribution in [0.2, 0.25) is 0 Å². The zero-order valence-electron chi connectivity index (χ0n) is 14.7. The predicted molar refractivity (Wildman–Crippen MR) is 96.0 cm³/mol. The molecule has 0 aliphatic carbocycles. The smallest absolute Gasteiger partial charge is 0.191 e. The van der Waals surface area contributed by atoms with Gasteiger partial charge in [-0.05, 0) is 44.4 Å². The van der Waals surface area contributed by atoms with E-state index < -0.39 is 0 Å². The van der Waals surface area contributed by atoms with Crippen molar-refractivity contribution in [1.29, 1.82) is 0 Å². The molecule has 4 heteroatoms. The van der Waals surface area contributed by atoms with E-state index in [0.29, 0.717) is 5.92 Å². The number of hydrogen-bond donors (Lipinski definition) is 2. The molecule has 0 bridgehead atoms. The lowest BCUT2D eigenvalue weighted by atomic mass is 9.99. The van der Waals surface area contributed by atoms with E-state index in [1.807, 2.05) is 19.1 Å². The molecule has 2 atom stereocenters. The van der Waals surface area contributed by atoms with Crippen molar-refractivity contribution < 1.29 is 4.42 Å². The molecular weight excluding hydrogens is 286 g/mol. The monoisotopic (exact) mass is 313 g/mol. The van der Waals surface area contributed by atoms with Crippen LogP contribution in [0.3, 0.4) is 0 Å². The molecule has 0 aliphatic rings. The molecule has 23 heavy (non-hydrogen) atoms. The molecule has 2 aromatic rings. The Balaban J connectivity index is 1.90. The van der Waals surface area contributed by atoms with Crippen molar-refractivity contribution in [3.05, 3.63) is 59.0 Å². The van der Waals surface area contributed by atoms with E-state index >= 15 is 0 Å². The first-order valence-corrected chi connectivity index (χ1v) is 8.09. The third-order valence-electron chi connectivity index (χ3n) is 3.95. The summed E-state index contributed by atoms with van der Waals surface area (Å²) in [6.07, 6.45) is 0. The van der Waals surface area contributed by atoms with Crippen LogP contribution in [0.15, 0.2) is 45.8 Å². The van der Waals surface area contributed by atoms with Crippen molar-refractivity contribution in [3.63, 3.8) is 0 Å². The maximum absolute atomic E-state index is 5.65. The molecule has 0 fully saturated rings. The lowest BCUT2D eigenvalue weighted by molar-refractivity contribution is 0.441. The number of furan rings is 1. The molecule has 0 saturated carbocycles. The van der Waals surface area contributed by atoms with Gasteiger partial charge in [-0.15, -0.1) is 0 Å². The van der Waals surface area contributed by atoms with Crippen LogP contribution < -0.4 is 10.6 Å². The van der Waals surface area contributed by atoms with Crippen molar-refractivity contribution in [2.75, 3.05) is 13.6 Å². The highest BCUT2D eigenvalue weighted by Crippen LogP contribution is 2.17. The summed E-state index contributed by atoms with van der Waals surface area (Å²) in [7, 11) is 1.78. The fraction of sp³-hybridized carbons (Fsp3) is 0.421. The van der Waals surface area contributed by atoms with Gasteiger partial charge in [-0.25, -0.2) is 0 Å². The normalized spacial score (nSPS) is 14.4. The minimum Gasteiger partial charge on any atom is -0.464 e. The van der Waals surface area contributed by atoms with Gasteiger partial charge < -0.3 is 15.1 Å². The third-order valence-corrected chi connectivity index (χ3v) is 3.95. The second-order valence-corrected chi connectivity index (χ2v) is 6.08. The van der Waals surface area contributed by atoms with Gasteiger partial charge in [0.1, 0.15) is 11.5 Å². The Morgan fingerprint density at radius 1 is 1.17 bits per heavy atom. The summed E-state index contributed by atoms with van der Waals surface area (Å²) >= 11 is 0. The highest BCUT2D eigenvalue weighted by atomic mass is 16.3. The number of nitrogens with zero attached hydrogens (tertiary/aromatic N) is 1. The van der Waals surface area contributed by atoms with E-state index in [1.54, 1.807) is 7.05 Å². The average molecular weight is 313 g/mol. The second-order valence-electron chi connectivity index (χ2n) is 6.08. The summed E-state index contributed by atoms with van der Waals surface area (Å²) < 4.78 is 5.65. The quantitative estimate of drug-likeness (QED) is 0.649. The van der Waals surface area contributed by atoms with E-state index in [-0.39, 0.29) is 6.04 Å². The van der Waals surface area contributed by atoms with Crippen LogP contribution >= 0.6 is 0 Å². The number of aryl methyl sites for hydroxylation is 2. The first-order chi connectivity index (χ1) is 11.0. The molecule has 1 heterocycles. The van der Waals surface area contributed by atoms with Crippen LogP contribution in [-0.4, -0.2) is 19.6 Å². The Morgan fingerprint density at radius 3 is 2.57 bits per heavy atom. The Morgan fingerprint density at radius 2 is 1.96 bits per heavy atom. The molecule has 0 spiro atoms. The molecule has 2 unspecified atom stereocenters. The summed E-state index contributed by atoms with van der Waals surface area (Å²) in [6, 6.07) is 12.7. The highest BCUT2D eigenvalue weighted by molar-refractivity contribution is 5.80. The van der Waals surface area contributed by atoms with Crippen molar-refractivity contribution in [2.24, 2.45) is 4.99 Å². The minimum absolute atomic E-state index is 0.0733. The number of nitrogens with one attached hydrogen (secondary N) is 2. The van der Waals surface area contributed by atoms with Gasteiger partial charge in [0.25, 0.3) is 0 Å². The zero-order chi connectivity index (χ0) is 16.8. The standard InChI is InChI=1S/C19H27N3O/c1-13-7-6-8-17(11-13)14(2)12-21-19(20-5)22-16(4)18-10-9-15(3)23-18/h6-11,14,16H,12H2,1-5H3,(H2,20,21,22).